The molecule has 27 heavy (non-hydrogen) atoms. The average molecular weight is 360 g/mol. The lowest BCUT2D eigenvalue weighted by molar-refractivity contribution is 0.373. The molecule has 0 atom stereocenters. The van der Waals surface area contributed by atoms with Crippen LogP contribution in [0.4, 0.5) is 0 Å². The van der Waals surface area contributed by atoms with Crippen LogP contribution in [-0.4, -0.2) is 25.0 Å². The van der Waals surface area contributed by atoms with Gasteiger partial charge in [-0.05, 0) is 49.7 Å². The van der Waals surface area contributed by atoms with Crippen molar-refractivity contribution in [3.63, 3.8) is 0 Å². The molecule has 0 amide bonds. The van der Waals surface area contributed by atoms with Crippen molar-refractivity contribution in [1.82, 2.24) is 4.90 Å². The summed E-state index contributed by atoms with van der Waals surface area (Å²) in [5.74, 6) is 0.465. The van der Waals surface area contributed by atoms with Crippen LogP contribution in [0.3, 0.4) is 0 Å². The van der Waals surface area contributed by atoms with Crippen molar-refractivity contribution in [2.24, 2.45) is 0 Å². The monoisotopic (exact) mass is 359 g/mol. The molecule has 3 aromatic carbocycles. The van der Waals surface area contributed by atoms with E-state index in [1.165, 1.54) is 16.7 Å². The second-order valence-corrected chi connectivity index (χ2v) is 6.89. The summed E-state index contributed by atoms with van der Waals surface area (Å²) in [6, 6.07) is 32.4. The van der Waals surface area contributed by atoms with Gasteiger partial charge in [0.1, 0.15) is 0 Å². The minimum Gasteiger partial charge on any atom is -0.307 e. The van der Waals surface area contributed by atoms with E-state index in [2.05, 4.69) is 117 Å². The number of aryl methyl sites for hydroxylation is 1. The van der Waals surface area contributed by atoms with Crippen LogP contribution in [0.15, 0.2) is 91.0 Å². The first-order chi connectivity index (χ1) is 13.2. The standard InChI is InChI=1S/C21H20.C5H13N/c1-4-10-18(11-5-1)16-17-21(19-12-6-2-7-13-19)20-14-8-3-9-15-20;1-4-6(3)5-2/h1-15,21H,16-17H2;4-5H2,1-3H3. The highest BCUT2D eigenvalue weighted by molar-refractivity contribution is 5.32. The van der Waals surface area contributed by atoms with Crippen LogP contribution in [0.25, 0.3) is 0 Å². The largest absolute Gasteiger partial charge is 0.307 e. The Bertz CT molecular complexity index is 678. The fourth-order valence-corrected chi connectivity index (χ4v) is 3.08. The summed E-state index contributed by atoms with van der Waals surface area (Å²) in [6.45, 7) is 6.64. The molecular weight excluding hydrogens is 326 g/mol. The van der Waals surface area contributed by atoms with Gasteiger partial charge >= 0.3 is 0 Å². The van der Waals surface area contributed by atoms with E-state index < -0.39 is 0 Å². The lowest BCUT2D eigenvalue weighted by Crippen LogP contribution is -2.15. The SMILES string of the molecule is CCN(C)CC.c1ccc(CCC(c2ccccc2)c2ccccc2)cc1. The molecule has 3 rings (SSSR count). The van der Waals surface area contributed by atoms with E-state index in [9.17, 15) is 0 Å². The molecular formula is C26H33N. The van der Waals surface area contributed by atoms with Gasteiger partial charge in [-0.3, -0.25) is 0 Å². The van der Waals surface area contributed by atoms with E-state index in [1.807, 2.05) is 0 Å². The maximum Gasteiger partial charge on any atom is 0.00925 e. The first kappa shape index (κ1) is 20.9. The summed E-state index contributed by atoms with van der Waals surface area (Å²) in [6.07, 6.45) is 2.24. The van der Waals surface area contributed by atoms with Gasteiger partial charge in [0.25, 0.3) is 0 Å². The zero-order valence-corrected chi connectivity index (χ0v) is 17.0. The van der Waals surface area contributed by atoms with E-state index in [1.54, 1.807) is 0 Å². The van der Waals surface area contributed by atoms with E-state index in [-0.39, 0.29) is 0 Å². The topological polar surface area (TPSA) is 3.24 Å². The Labute approximate surface area is 165 Å². The summed E-state index contributed by atoms with van der Waals surface area (Å²) in [4.78, 5) is 2.25. The van der Waals surface area contributed by atoms with Gasteiger partial charge in [-0.2, -0.15) is 0 Å². The minimum atomic E-state index is 0.465. The van der Waals surface area contributed by atoms with Crippen LogP contribution in [0, 0.1) is 0 Å². The normalized spacial score (nSPS) is 10.6. The Morgan fingerprint density at radius 1 is 0.630 bits per heavy atom. The first-order valence-corrected chi connectivity index (χ1v) is 10.1. The third-order valence-corrected chi connectivity index (χ3v) is 5.05. The van der Waals surface area contributed by atoms with Gasteiger partial charge in [-0.1, -0.05) is 105 Å². The molecule has 1 heteroatoms. The van der Waals surface area contributed by atoms with E-state index >= 15 is 0 Å². The lowest BCUT2D eigenvalue weighted by Gasteiger charge is -2.18. The average Bonchev–Trinajstić information content (AvgIpc) is 2.76. The number of nitrogens with zero attached hydrogens (tertiary/aromatic N) is 1. The van der Waals surface area contributed by atoms with Gasteiger partial charge in [0.05, 0.1) is 0 Å². The van der Waals surface area contributed by atoms with Gasteiger partial charge < -0.3 is 4.90 Å². The smallest absolute Gasteiger partial charge is 0.00925 e. The molecule has 0 aliphatic rings. The Hall–Kier alpha value is -2.38. The molecule has 0 fully saturated rings. The second kappa shape index (κ2) is 12.1. The molecule has 0 aromatic heterocycles. The Morgan fingerprint density at radius 2 is 1.04 bits per heavy atom. The maximum atomic E-state index is 2.25. The number of hydrogen-bond acceptors (Lipinski definition) is 1. The van der Waals surface area contributed by atoms with Gasteiger partial charge in [0.15, 0.2) is 0 Å². The third kappa shape index (κ3) is 7.40. The van der Waals surface area contributed by atoms with Crippen LogP contribution in [-0.2, 0) is 6.42 Å². The molecule has 0 spiro atoms. The lowest BCUT2D eigenvalue weighted by atomic mass is 9.86. The van der Waals surface area contributed by atoms with E-state index in [0.29, 0.717) is 5.92 Å². The van der Waals surface area contributed by atoms with Crippen LogP contribution in [0.5, 0.6) is 0 Å². The molecule has 0 unspecified atom stereocenters. The first-order valence-electron chi connectivity index (χ1n) is 10.1. The number of rotatable bonds is 7. The zero-order chi connectivity index (χ0) is 19.3. The highest BCUT2D eigenvalue weighted by Crippen LogP contribution is 2.29. The van der Waals surface area contributed by atoms with Gasteiger partial charge in [0, 0.05) is 5.92 Å². The number of benzene rings is 3. The molecule has 0 heterocycles. The third-order valence-electron chi connectivity index (χ3n) is 5.05. The second-order valence-electron chi connectivity index (χ2n) is 6.89. The molecule has 0 bridgehead atoms. The Balaban J connectivity index is 0.000000380. The summed E-state index contributed by atoms with van der Waals surface area (Å²) < 4.78 is 0. The fraction of sp³-hybridized carbons (Fsp3) is 0.308. The van der Waals surface area contributed by atoms with Gasteiger partial charge in [0.2, 0.25) is 0 Å². The molecule has 0 N–H and O–H groups in total. The predicted octanol–water partition coefficient (Wildman–Crippen LogP) is 6.41. The zero-order valence-electron chi connectivity index (χ0n) is 17.0. The minimum absolute atomic E-state index is 0.465. The van der Waals surface area contributed by atoms with Crippen molar-refractivity contribution >= 4 is 0 Å². The van der Waals surface area contributed by atoms with Crippen LogP contribution >= 0.6 is 0 Å². The highest BCUT2D eigenvalue weighted by atomic mass is 15.1. The molecule has 0 saturated heterocycles. The van der Waals surface area contributed by atoms with Crippen molar-refractivity contribution in [1.29, 1.82) is 0 Å². The quantitative estimate of drug-likeness (QED) is 0.471. The summed E-state index contributed by atoms with van der Waals surface area (Å²) >= 11 is 0. The van der Waals surface area contributed by atoms with Crippen molar-refractivity contribution < 1.29 is 0 Å². The van der Waals surface area contributed by atoms with Crippen LogP contribution in [0.1, 0.15) is 42.9 Å². The Morgan fingerprint density at radius 3 is 1.41 bits per heavy atom. The molecule has 1 nitrogen and oxygen atoms in total. The molecule has 142 valence electrons. The number of hydrogen-bond donors (Lipinski definition) is 0. The van der Waals surface area contributed by atoms with Crippen LogP contribution in [0.2, 0.25) is 0 Å². The molecule has 0 aliphatic heterocycles. The maximum absolute atomic E-state index is 2.25. The summed E-state index contributed by atoms with van der Waals surface area (Å²) in [5, 5.41) is 0. The van der Waals surface area contributed by atoms with E-state index in [4.69, 9.17) is 0 Å². The van der Waals surface area contributed by atoms with Crippen molar-refractivity contribution in [2.45, 2.75) is 32.6 Å². The van der Waals surface area contributed by atoms with Crippen LogP contribution < -0.4 is 0 Å². The fourth-order valence-electron chi connectivity index (χ4n) is 3.08. The Kier molecular flexibility index (Phi) is 9.37. The summed E-state index contributed by atoms with van der Waals surface area (Å²) in [5.41, 5.74) is 4.22. The van der Waals surface area contributed by atoms with Crippen molar-refractivity contribution in [3.8, 4) is 0 Å². The van der Waals surface area contributed by atoms with Crippen molar-refractivity contribution in [3.05, 3.63) is 108 Å². The molecule has 0 saturated carbocycles. The molecule has 0 aliphatic carbocycles. The van der Waals surface area contributed by atoms with Crippen molar-refractivity contribution in [2.75, 3.05) is 20.1 Å². The molecule has 3 aromatic rings. The van der Waals surface area contributed by atoms with E-state index in [0.717, 1.165) is 25.9 Å². The molecule has 0 radical (unpaired) electrons. The van der Waals surface area contributed by atoms with Gasteiger partial charge in [-0.25, -0.2) is 0 Å². The predicted molar refractivity (Wildman–Crippen MR) is 118 cm³/mol. The summed E-state index contributed by atoms with van der Waals surface area (Å²) in [7, 11) is 2.11. The highest BCUT2D eigenvalue weighted by Gasteiger charge is 2.13. The van der Waals surface area contributed by atoms with Gasteiger partial charge in [-0.15, -0.1) is 0 Å².